The van der Waals surface area contributed by atoms with E-state index in [2.05, 4.69) is 24.2 Å². The molecule has 0 saturated carbocycles. The molecule has 0 saturated heterocycles. The standard InChI is InChI=1S/C17H20N4/c1-3-15(18)11-14-10-13-6-4-5-7-16(13)19-17(14)21-9-8-12(2)20-21/h4-10,15H,3,11,18H2,1-2H3. The van der Waals surface area contributed by atoms with Crippen molar-refractivity contribution in [2.24, 2.45) is 5.73 Å². The summed E-state index contributed by atoms with van der Waals surface area (Å²) in [4.78, 5) is 4.79. The number of nitrogens with two attached hydrogens (primary N) is 1. The van der Waals surface area contributed by atoms with E-state index in [4.69, 9.17) is 10.7 Å². The van der Waals surface area contributed by atoms with Crippen molar-refractivity contribution in [1.82, 2.24) is 14.8 Å². The first-order valence-electron chi connectivity index (χ1n) is 7.34. The maximum Gasteiger partial charge on any atom is 0.157 e. The van der Waals surface area contributed by atoms with Crippen molar-refractivity contribution in [3.8, 4) is 5.82 Å². The minimum absolute atomic E-state index is 0.142. The van der Waals surface area contributed by atoms with E-state index in [1.165, 1.54) is 0 Å². The minimum Gasteiger partial charge on any atom is -0.327 e. The lowest BCUT2D eigenvalue weighted by molar-refractivity contribution is 0.640. The van der Waals surface area contributed by atoms with E-state index in [1.54, 1.807) is 0 Å². The van der Waals surface area contributed by atoms with E-state index >= 15 is 0 Å². The van der Waals surface area contributed by atoms with E-state index in [0.29, 0.717) is 0 Å². The van der Waals surface area contributed by atoms with Crippen molar-refractivity contribution in [2.45, 2.75) is 32.7 Å². The number of para-hydroxylation sites is 1. The summed E-state index contributed by atoms with van der Waals surface area (Å²) in [5, 5.41) is 5.64. The van der Waals surface area contributed by atoms with Gasteiger partial charge in [-0.25, -0.2) is 9.67 Å². The number of rotatable bonds is 4. The highest BCUT2D eigenvalue weighted by atomic mass is 15.3. The molecule has 2 aromatic heterocycles. The Morgan fingerprint density at radius 1 is 1.24 bits per heavy atom. The van der Waals surface area contributed by atoms with E-state index in [0.717, 1.165) is 40.8 Å². The maximum atomic E-state index is 6.14. The fourth-order valence-electron chi connectivity index (χ4n) is 2.46. The van der Waals surface area contributed by atoms with Crippen molar-refractivity contribution < 1.29 is 0 Å². The summed E-state index contributed by atoms with van der Waals surface area (Å²) < 4.78 is 1.85. The molecule has 3 aromatic rings. The monoisotopic (exact) mass is 280 g/mol. The van der Waals surface area contributed by atoms with E-state index in [1.807, 2.05) is 42.1 Å². The average molecular weight is 280 g/mol. The van der Waals surface area contributed by atoms with Gasteiger partial charge in [0.15, 0.2) is 5.82 Å². The van der Waals surface area contributed by atoms with Gasteiger partial charge in [-0.2, -0.15) is 5.10 Å². The molecule has 4 heteroatoms. The lowest BCUT2D eigenvalue weighted by atomic mass is 10.0. The van der Waals surface area contributed by atoms with Crippen LogP contribution in [0.15, 0.2) is 42.6 Å². The number of fused-ring (bicyclic) bond motifs is 1. The smallest absolute Gasteiger partial charge is 0.157 e. The Kier molecular flexibility index (Phi) is 3.71. The summed E-state index contributed by atoms with van der Waals surface area (Å²) >= 11 is 0. The fraction of sp³-hybridized carbons (Fsp3) is 0.294. The Balaban J connectivity index is 2.16. The van der Waals surface area contributed by atoms with Crippen LogP contribution in [0.5, 0.6) is 0 Å². The molecule has 1 unspecified atom stereocenters. The Morgan fingerprint density at radius 3 is 2.76 bits per heavy atom. The van der Waals surface area contributed by atoms with Crippen LogP contribution in [0.25, 0.3) is 16.7 Å². The van der Waals surface area contributed by atoms with Crippen molar-refractivity contribution >= 4 is 10.9 Å². The second-order valence-electron chi connectivity index (χ2n) is 5.44. The number of benzene rings is 1. The summed E-state index contributed by atoms with van der Waals surface area (Å²) in [5.74, 6) is 0.880. The van der Waals surface area contributed by atoms with Gasteiger partial charge in [-0.05, 0) is 43.5 Å². The van der Waals surface area contributed by atoms with Crippen molar-refractivity contribution in [3.63, 3.8) is 0 Å². The molecule has 21 heavy (non-hydrogen) atoms. The van der Waals surface area contributed by atoms with Gasteiger partial charge in [0.25, 0.3) is 0 Å². The molecule has 4 nitrogen and oxygen atoms in total. The molecule has 0 radical (unpaired) electrons. The van der Waals surface area contributed by atoms with Crippen molar-refractivity contribution in [1.29, 1.82) is 0 Å². The normalized spacial score (nSPS) is 12.7. The first kappa shape index (κ1) is 13.8. The van der Waals surface area contributed by atoms with Gasteiger partial charge in [0, 0.05) is 17.6 Å². The number of aromatic nitrogens is 3. The third kappa shape index (κ3) is 2.81. The van der Waals surface area contributed by atoms with Gasteiger partial charge in [0.05, 0.1) is 11.2 Å². The van der Waals surface area contributed by atoms with Crippen LogP contribution in [-0.4, -0.2) is 20.8 Å². The minimum atomic E-state index is 0.142. The zero-order valence-corrected chi connectivity index (χ0v) is 12.5. The second-order valence-corrected chi connectivity index (χ2v) is 5.44. The Bertz CT molecular complexity index is 760. The molecular weight excluding hydrogens is 260 g/mol. The van der Waals surface area contributed by atoms with Crippen molar-refractivity contribution in [3.05, 3.63) is 53.9 Å². The highest BCUT2D eigenvalue weighted by Gasteiger charge is 2.12. The number of nitrogens with zero attached hydrogens (tertiary/aromatic N) is 3. The summed E-state index contributed by atoms with van der Waals surface area (Å²) in [6.07, 6.45) is 3.71. The van der Waals surface area contributed by atoms with Crippen LogP contribution in [0.2, 0.25) is 0 Å². The average Bonchev–Trinajstić information content (AvgIpc) is 2.92. The SMILES string of the molecule is CCC(N)Cc1cc2ccccc2nc1-n1ccc(C)n1. The Hall–Kier alpha value is -2.20. The molecule has 0 aliphatic carbocycles. The first-order valence-corrected chi connectivity index (χ1v) is 7.34. The van der Waals surface area contributed by atoms with Crippen LogP contribution < -0.4 is 5.73 Å². The van der Waals surface area contributed by atoms with E-state index in [-0.39, 0.29) is 6.04 Å². The number of hydrogen-bond donors (Lipinski definition) is 1. The number of aryl methyl sites for hydroxylation is 1. The largest absolute Gasteiger partial charge is 0.327 e. The van der Waals surface area contributed by atoms with Gasteiger partial charge < -0.3 is 5.73 Å². The van der Waals surface area contributed by atoms with Gasteiger partial charge in [0.1, 0.15) is 0 Å². The molecule has 0 bridgehead atoms. The first-order chi connectivity index (χ1) is 10.2. The highest BCUT2D eigenvalue weighted by Crippen LogP contribution is 2.21. The third-order valence-electron chi connectivity index (χ3n) is 3.73. The van der Waals surface area contributed by atoms with Crippen LogP contribution in [0.3, 0.4) is 0 Å². The van der Waals surface area contributed by atoms with Crippen LogP contribution in [-0.2, 0) is 6.42 Å². The summed E-state index contributed by atoms with van der Waals surface area (Å²) in [7, 11) is 0. The highest BCUT2D eigenvalue weighted by molar-refractivity contribution is 5.80. The third-order valence-corrected chi connectivity index (χ3v) is 3.73. The molecule has 0 spiro atoms. The molecule has 0 amide bonds. The van der Waals surface area contributed by atoms with Crippen LogP contribution in [0.1, 0.15) is 24.6 Å². The molecule has 2 heterocycles. The van der Waals surface area contributed by atoms with E-state index in [9.17, 15) is 0 Å². The van der Waals surface area contributed by atoms with Gasteiger partial charge in [-0.3, -0.25) is 0 Å². The lowest BCUT2D eigenvalue weighted by Gasteiger charge is -2.14. The lowest BCUT2D eigenvalue weighted by Crippen LogP contribution is -2.22. The topological polar surface area (TPSA) is 56.7 Å². The summed E-state index contributed by atoms with van der Waals surface area (Å²) in [6.45, 7) is 4.09. The predicted octanol–water partition coefficient (Wildman–Crippen LogP) is 3.01. The van der Waals surface area contributed by atoms with Crippen LogP contribution in [0, 0.1) is 6.92 Å². The number of hydrogen-bond acceptors (Lipinski definition) is 3. The van der Waals surface area contributed by atoms with Gasteiger partial charge in [-0.15, -0.1) is 0 Å². The fourth-order valence-corrected chi connectivity index (χ4v) is 2.46. The zero-order chi connectivity index (χ0) is 14.8. The molecule has 0 fully saturated rings. The summed E-state index contributed by atoms with van der Waals surface area (Å²) in [5.41, 5.74) is 9.25. The molecule has 1 aromatic carbocycles. The molecular formula is C17H20N4. The van der Waals surface area contributed by atoms with Gasteiger partial charge >= 0.3 is 0 Å². The predicted molar refractivity (Wildman–Crippen MR) is 85.6 cm³/mol. The second kappa shape index (κ2) is 5.66. The van der Waals surface area contributed by atoms with Gasteiger partial charge in [0.2, 0.25) is 0 Å². The van der Waals surface area contributed by atoms with Crippen molar-refractivity contribution in [2.75, 3.05) is 0 Å². The molecule has 108 valence electrons. The Labute approximate surface area is 124 Å². The molecule has 0 aliphatic rings. The van der Waals surface area contributed by atoms with Crippen LogP contribution >= 0.6 is 0 Å². The molecule has 3 rings (SSSR count). The molecule has 2 N–H and O–H groups in total. The van der Waals surface area contributed by atoms with Crippen LogP contribution in [0.4, 0.5) is 0 Å². The summed E-state index contributed by atoms with van der Waals surface area (Å²) in [6, 6.07) is 12.5. The van der Waals surface area contributed by atoms with Gasteiger partial charge in [-0.1, -0.05) is 25.1 Å². The molecule has 0 aliphatic heterocycles. The van der Waals surface area contributed by atoms with E-state index < -0.39 is 0 Å². The zero-order valence-electron chi connectivity index (χ0n) is 12.5. The maximum absolute atomic E-state index is 6.14. The molecule has 1 atom stereocenters. The Morgan fingerprint density at radius 2 is 2.05 bits per heavy atom. The quantitative estimate of drug-likeness (QED) is 0.799. The number of pyridine rings is 1.